The van der Waals surface area contributed by atoms with Crippen molar-refractivity contribution in [1.82, 2.24) is 10.2 Å². The van der Waals surface area contributed by atoms with Gasteiger partial charge in [-0.1, -0.05) is 0 Å². The van der Waals surface area contributed by atoms with Crippen molar-refractivity contribution in [1.29, 1.82) is 0 Å². The second-order valence-corrected chi connectivity index (χ2v) is 4.96. The van der Waals surface area contributed by atoms with E-state index in [1.54, 1.807) is 0 Å². The summed E-state index contributed by atoms with van der Waals surface area (Å²) in [4.78, 5) is 2.16. The molecule has 2 atom stereocenters. The van der Waals surface area contributed by atoms with Gasteiger partial charge < -0.3 is 21.1 Å². The summed E-state index contributed by atoms with van der Waals surface area (Å²) in [5.41, 5.74) is 5.22. The number of nitrogens with two attached hydrogens (primary N) is 1. The molecule has 2 unspecified atom stereocenters. The van der Waals surface area contributed by atoms with Crippen LogP contribution < -0.4 is 11.1 Å². The molecule has 2 fully saturated rings. The summed E-state index contributed by atoms with van der Waals surface area (Å²) in [7, 11) is 2.04. The maximum absolute atomic E-state index is 10.5. The predicted octanol–water partition coefficient (Wildman–Crippen LogP) is -0.866. The number of likely N-dealkylation sites (tertiary alicyclic amines) is 1. The Morgan fingerprint density at radius 1 is 1.43 bits per heavy atom. The van der Waals surface area contributed by atoms with Crippen molar-refractivity contribution in [3.05, 3.63) is 0 Å². The molecule has 4 heteroatoms. The highest BCUT2D eigenvalue weighted by atomic mass is 16.3. The topological polar surface area (TPSA) is 61.5 Å². The van der Waals surface area contributed by atoms with Gasteiger partial charge in [0.25, 0.3) is 0 Å². The lowest BCUT2D eigenvalue weighted by Crippen LogP contribution is -2.68. The van der Waals surface area contributed by atoms with Crippen molar-refractivity contribution in [2.75, 3.05) is 33.2 Å². The van der Waals surface area contributed by atoms with Crippen LogP contribution in [-0.2, 0) is 0 Å². The quantitative estimate of drug-likeness (QED) is 0.514. The van der Waals surface area contributed by atoms with Crippen molar-refractivity contribution < 1.29 is 5.11 Å². The Hall–Kier alpha value is -0.160. The molecule has 0 aromatic carbocycles. The van der Waals surface area contributed by atoms with Crippen molar-refractivity contribution in [2.45, 2.75) is 30.4 Å². The number of rotatable bonds is 1. The van der Waals surface area contributed by atoms with Crippen LogP contribution in [0.2, 0.25) is 0 Å². The van der Waals surface area contributed by atoms with Crippen LogP contribution in [0.5, 0.6) is 0 Å². The second-order valence-electron chi connectivity index (χ2n) is 4.96. The van der Waals surface area contributed by atoms with E-state index in [2.05, 4.69) is 10.2 Å². The van der Waals surface area contributed by atoms with E-state index >= 15 is 0 Å². The van der Waals surface area contributed by atoms with Crippen LogP contribution in [0.4, 0.5) is 0 Å². The number of hydrogen-bond acceptors (Lipinski definition) is 4. The summed E-state index contributed by atoms with van der Waals surface area (Å²) in [6, 6.07) is 0. The summed E-state index contributed by atoms with van der Waals surface area (Å²) < 4.78 is 0. The van der Waals surface area contributed by atoms with Gasteiger partial charge in [0.15, 0.2) is 0 Å². The molecule has 0 radical (unpaired) electrons. The normalized spacial score (nSPS) is 45.6. The lowest BCUT2D eigenvalue weighted by molar-refractivity contribution is -0.0350. The van der Waals surface area contributed by atoms with Gasteiger partial charge in [0.2, 0.25) is 0 Å². The van der Waals surface area contributed by atoms with Crippen LogP contribution in [0.25, 0.3) is 0 Å². The highest BCUT2D eigenvalue weighted by Crippen LogP contribution is 2.33. The molecule has 4 nitrogen and oxygen atoms in total. The first kappa shape index (κ1) is 10.4. The average Bonchev–Trinajstić information content (AvgIpc) is 2.49. The van der Waals surface area contributed by atoms with E-state index in [0.29, 0.717) is 6.54 Å². The van der Waals surface area contributed by atoms with E-state index in [4.69, 9.17) is 5.73 Å². The number of nitrogens with one attached hydrogen (secondary N) is 1. The molecule has 0 amide bonds. The van der Waals surface area contributed by atoms with Crippen LogP contribution >= 0.6 is 0 Å². The van der Waals surface area contributed by atoms with Crippen LogP contribution in [0, 0.1) is 0 Å². The molecule has 0 aromatic rings. The molecule has 0 aromatic heterocycles. The van der Waals surface area contributed by atoms with E-state index in [-0.39, 0.29) is 0 Å². The van der Waals surface area contributed by atoms with Gasteiger partial charge in [-0.2, -0.15) is 0 Å². The number of β-amino-alcohol motifs (C(OH)–C–C–N with tert-alkyl or cyclic N) is 1. The Labute approximate surface area is 85.5 Å². The van der Waals surface area contributed by atoms with E-state index in [0.717, 1.165) is 38.9 Å². The minimum atomic E-state index is -0.685. The zero-order valence-electron chi connectivity index (χ0n) is 8.92. The van der Waals surface area contributed by atoms with Gasteiger partial charge in [0.1, 0.15) is 0 Å². The summed E-state index contributed by atoms with van der Waals surface area (Å²) in [6.45, 7) is 3.45. The maximum Gasteiger partial charge on any atom is 0.0976 e. The summed E-state index contributed by atoms with van der Waals surface area (Å²) in [6.07, 6.45) is 2.81. The van der Waals surface area contributed by atoms with Crippen LogP contribution in [0.3, 0.4) is 0 Å². The van der Waals surface area contributed by atoms with Gasteiger partial charge in [-0.3, -0.25) is 0 Å². The molecule has 0 saturated carbocycles. The first-order chi connectivity index (χ1) is 6.56. The van der Waals surface area contributed by atoms with Crippen LogP contribution in [-0.4, -0.2) is 54.4 Å². The van der Waals surface area contributed by atoms with Gasteiger partial charge >= 0.3 is 0 Å². The van der Waals surface area contributed by atoms with Crippen molar-refractivity contribution in [3.63, 3.8) is 0 Å². The predicted molar refractivity (Wildman–Crippen MR) is 56.1 cm³/mol. The van der Waals surface area contributed by atoms with E-state index in [9.17, 15) is 5.11 Å². The molecule has 82 valence electrons. The highest BCUT2D eigenvalue weighted by Gasteiger charge is 2.50. The SMILES string of the molecule is CN1CCC(O)(C2(N)CCCNC2)C1. The van der Waals surface area contributed by atoms with Gasteiger partial charge in [-0.25, -0.2) is 0 Å². The number of aliphatic hydroxyl groups is 1. The molecule has 2 aliphatic rings. The largest absolute Gasteiger partial charge is 0.387 e. The first-order valence-corrected chi connectivity index (χ1v) is 5.46. The summed E-state index contributed by atoms with van der Waals surface area (Å²) in [5, 5.41) is 13.8. The molecule has 2 heterocycles. The fourth-order valence-corrected chi connectivity index (χ4v) is 2.71. The van der Waals surface area contributed by atoms with Gasteiger partial charge in [-0.05, 0) is 32.9 Å². The number of likely N-dealkylation sites (N-methyl/N-ethyl adjacent to an activating group) is 1. The molecule has 0 spiro atoms. The van der Waals surface area contributed by atoms with E-state index in [1.807, 2.05) is 7.05 Å². The average molecular weight is 199 g/mol. The Kier molecular flexibility index (Phi) is 2.55. The second kappa shape index (κ2) is 3.45. The Bertz CT molecular complexity index is 208. The smallest absolute Gasteiger partial charge is 0.0976 e. The Morgan fingerprint density at radius 2 is 2.21 bits per heavy atom. The first-order valence-electron chi connectivity index (χ1n) is 5.46. The van der Waals surface area contributed by atoms with E-state index < -0.39 is 11.1 Å². The van der Waals surface area contributed by atoms with Crippen LogP contribution in [0.1, 0.15) is 19.3 Å². The number of nitrogens with zero attached hydrogens (tertiary/aromatic N) is 1. The fraction of sp³-hybridized carbons (Fsp3) is 1.00. The van der Waals surface area contributed by atoms with Gasteiger partial charge in [0.05, 0.1) is 11.1 Å². The maximum atomic E-state index is 10.5. The van der Waals surface area contributed by atoms with Crippen molar-refractivity contribution in [2.24, 2.45) is 5.73 Å². The Morgan fingerprint density at radius 3 is 2.71 bits per heavy atom. The van der Waals surface area contributed by atoms with Crippen molar-refractivity contribution >= 4 is 0 Å². The summed E-state index contributed by atoms with van der Waals surface area (Å²) >= 11 is 0. The number of piperidine rings is 1. The number of hydrogen-bond donors (Lipinski definition) is 3. The minimum absolute atomic E-state index is 0.421. The van der Waals surface area contributed by atoms with Gasteiger partial charge in [0, 0.05) is 19.6 Å². The minimum Gasteiger partial charge on any atom is -0.387 e. The lowest BCUT2D eigenvalue weighted by atomic mass is 9.75. The van der Waals surface area contributed by atoms with Gasteiger partial charge in [-0.15, -0.1) is 0 Å². The molecular formula is C10H21N3O. The fourth-order valence-electron chi connectivity index (χ4n) is 2.71. The third kappa shape index (κ3) is 1.56. The Balaban J connectivity index is 2.11. The highest BCUT2D eigenvalue weighted by molar-refractivity contribution is 5.10. The molecular weight excluding hydrogens is 178 g/mol. The molecule has 2 aliphatic heterocycles. The zero-order chi connectivity index (χ0) is 10.2. The van der Waals surface area contributed by atoms with Crippen molar-refractivity contribution in [3.8, 4) is 0 Å². The lowest BCUT2D eigenvalue weighted by Gasteiger charge is -2.45. The third-order valence-corrected chi connectivity index (χ3v) is 3.78. The van der Waals surface area contributed by atoms with Crippen LogP contribution in [0.15, 0.2) is 0 Å². The monoisotopic (exact) mass is 199 g/mol. The van der Waals surface area contributed by atoms with E-state index in [1.165, 1.54) is 0 Å². The zero-order valence-corrected chi connectivity index (χ0v) is 8.92. The molecule has 4 N–H and O–H groups in total. The summed E-state index contributed by atoms with van der Waals surface area (Å²) in [5.74, 6) is 0. The molecule has 2 rings (SSSR count). The third-order valence-electron chi connectivity index (χ3n) is 3.78. The molecule has 0 aliphatic carbocycles. The molecule has 14 heavy (non-hydrogen) atoms. The molecule has 2 saturated heterocycles. The molecule has 0 bridgehead atoms. The standard InChI is InChI=1S/C10H21N3O/c1-13-6-4-10(14,8-13)9(11)3-2-5-12-7-9/h12,14H,2-8,11H2,1H3.